The Morgan fingerprint density at radius 2 is 1.45 bits per heavy atom. The fourth-order valence-corrected chi connectivity index (χ4v) is 2.25. The lowest BCUT2D eigenvalue weighted by atomic mass is 9.87. The Kier molecular flexibility index (Phi) is 3.92. The SMILES string of the molecule is O=C(O)C1=C(C(=O)c2cc(F)c(F)c(F)c2)CCCC1. The lowest BCUT2D eigenvalue weighted by molar-refractivity contribution is -0.133. The molecule has 106 valence electrons. The minimum absolute atomic E-state index is 0.0357. The second-order valence-corrected chi connectivity index (χ2v) is 4.55. The van der Waals surface area contributed by atoms with Gasteiger partial charge in [0.15, 0.2) is 23.2 Å². The largest absolute Gasteiger partial charge is 0.478 e. The summed E-state index contributed by atoms with van der Waals surface area (Å²) in [7, 11) is 0. The molecule has 0 atom stereocenters. The predicted molar refractivity (Wildman–Crippen MR) is 63.8 cm³/mol. The highest BCUT2D eigenvalue weighted by Crippen LogP contribution is 2.28. The molecule has 1 N–H and O–H groups in total. The van der Waals surface area contributed by atoms with Crippen LogP contribution in [0.2, 0.25) is 0 Å². The van der Waals surface area contributed by atoms with Crippen LogP contribution >= 0.6 is 0 Å². The van der Waals surface area contributed by atoms with Gasteiger partial charge in [-0.2, -0.15) is 0 Å². The van der Waals surface area contributed by atoms with E-state index in [4.69, 9.17) is 5.11 Å². The molecule has 1 aromatic carbocycles. The molecule has 1 aromatic rings. The number of carboxylic acid groups (broad SMARTS) is 1. The quantitative estimate of drug-likeness (QED) is 0.684. The summed E-state index contributed by atoms with van der Waals surface area (Å²) in [6.45, 7) is 0. The zero-order valence-electron chi connectivity index (χ0n) is 10.4. The van der Waals surface area contributed by atoms with Crippen LogP contribution in [0.4, 0.5) is 13.2 Å². The smallest absolute Gasteiger partial charge is 0.331 e. The van der Waals surface area contributed by atoms with E-state index in [0.29, 0.717) is 25.0 Å². The third-order valence-corrected chi connectivity index (χ3v) is 3.25. The van der Waals surface area contributed by atoms with Crippen molar-refractivity contribution in [2.75, 3.05) is 0 Å². The van der Waals surface area contributed by atoms with Crippen LogP contribution in [0.1, 0.15) is 36.0 Å². The van der Waals surface area contributed by atoms with Crippen LogP contribution in [0, 0.1) is 17.5 Å². The van der Waals surface area contributed by atoms with Crippen molar-refractivity contribution in [3.05, 3.63) is 46.3 Å². The van der Waals surface area contributed by atoms with E-state index >= 15 is 0 Å². The number of allylic oxidation sites excluding steroid dienone is 1. The summed E-state index contributed by atoms with van der Waals surface area (Å²) in [4.78, 5) is 23.2. The Balaban J connectivity index is 2.47. The second kappa shape index (κ2) is 5.48. The summed E-state index contributed by atoms with van der Waals surface area (Å²) in [6.07, 6.45) is 1.75. The van der Waals surface area contributed by atoms with Gasteiger partial charge < -0.3 is 5.11 Å². The number of benzene rings is 1. The van der Waals surface area contributed by atoms with E-state index < -0.39 is 29.2 Å². The standard InChI is InChI=1S/C14H11F3O3/c15-10-5-7(6-11(16)12(10)17)13(18)8-3-1-2-4-9(8)14(19)20/h5-6H,1-4H2,(H,19,20). The monoisotopic (exact) mass is 284 g/mol. The number of rotatable bonds is 3. The van der Waals surface area contributed by atoms with Crippen LogP contribution in [0.5, 0.6) is 0 Å². The Hall–Kier alpha value is -2.11. The van der Waals surface area contributed by atoms with Crippen molar-refractivity contribution in [2.45, 2.75) is 25.7 Å². The first-order chi connectivity index (χ1) is 9.41. The van der Waals surface area contributed by atoms with E-state index in [2.05, 4.69) is 0 Å². The lowest BCUT2D eigenvalue weighted by Crippen LogP contribution is -2.16. The van der Waals surface area contributed by atoms with Crippen LogP contribution < -0.4 is 0 Å². The first-order valence-corrected chi connectivity index (χ1v) is 6.06. The second-order valence-electron chi connectivity index (χ2n) is 4.55. The molecular formula is C14H11F3O3. The summed E-state index contributed by atoms with van der Waals surface area (Å²) in [5.41, 5.74) is -0.377. The fourth-order valence-electron chi connectivity index (χ4n) is 2.25. The molecule has 0 aromatic heterocycles. The number of hydrogen-bond acceptors (Lipinski definition) is 2. The number of hydrogen-bond donors (Lipinski definition) is 1. The van der Waals surface area contributed by atoms with Crippen molar-refractivity contribution in [1.82, 2.24) is 0 Å². The molecule has 0 saturated heterocycles. The van der Waals surface area contributed by atoms with Crippen LogP contribution in [0.25, 0.3) is 0 Å². The average Bonchev–Trinajstić information content (AvgIpc) is 2.43. The van der Waals surface area contributed by atoms with Crippen LogP contribution in [0.15, 0.2) is 23.3 Å². The first-order valence-electron chi connectivity index (χ1n) is 6.06. The maximum Gasteiger partial charge on any atom is 0.331 e. The van der Waals surface area contributed by atoms with Crippen molar-refractivity contribution >= 4 is 11.8 Å². The maximum absolute atomic E-state index is 13.1. The maximum atomic E-state index is 13.1. The van der Waals surface area contributed by atoms with Crippen LogP contribution in [-0.4, -0.2) is 16.9 Å². The molecule has 0 aliphatic heterocycles. The molecule has 3 nitrogen and oxygen atoms in total. The Morgan fingerprint density at radius 3 is 1.95 bits per heavy atom. The van der Waals surface area contributed by atoms with Gasteiger partial charge in [0.2, 0.25) is 0 Å². The molecule has 2 rings (SSSR count). The van der Waals surface area contributed by atoms with E-state index in [-0.39, 0.29) is 29.6 Å². The van der Waals surface area contributed by atoms with Crippen molar-refractivity contribution in [2.24, 2.45) is 0 Å². The molecule has 0 radical (unpaired) electrons. The van der Waals surface area contributed by atoms with Gasteiger partial charge in [0.05, 0.1) is 0 Å². The van der Waals surface area contributed by atoms with E-state index in [1.165, 1.54) is 0 Å². The van der Waals surface area contributed by atoms with Gasteiger partial charge in [-0.3, -0.25) is 4.79 Å². The lowest BCUT2D eigenvalue weighted by Gasteiger charge is -2.16. The van der Waals surface area contributed by atoms with Gasteiger partial charge in [0.1, 0.15) is 0 Å². The molecule has 0 fully saturated rings. The van der Waals surface area contributed by atoms with Gasteiger partial charge in [-0.05, 0) is 37.8 Å². The molecule has 0 unspecified atom stereocenters. The molecule has 6 heteroatoms. The molecule has 0 amide bonds. The van der Waals surface area contributed by atoms with Gasteiger partial charge >= 0.3 is 5.97 Å². The van der Waals surface area contributed by atoms with Crippen molar-refractivity contribution in [3.63, 3.8) is 0 Å². The summed E-state index contributed by atoms with van der Waals surface area (Å²) in [5.74, 6) is -6.57. The zero-order valence-corrected chi connectivity index (χ0v) is 10.4. The van der Waals surface area contributed by atoms with Crippen molar-refractivity contribution in [3.8, 4) is 0 Å². The Morgan fingerprint density at radius 1 is 0.950 bits per heavy atom. The molecule has 0 heterocycles. The number of ketones is 1. The minimum atomic E-state index is -1.65. The highest BCUT2D eigenvalue weighted by Gasteiger charge is 2.25. The predicted octanol–water partition coefficient (Wildman–Crippen LogP) is 3.24. The van der Waals surface area contributed by atoms with Crippen LogP contribution in [0.3, 0.4) is 0 Å². The van der Waals surface area contributed by atoms with E-state index in [9.17, 15) is 22.8 Å². The molecule has 0 saturated carbocycles. The third-order valence-electron chi connectivity index (χ3n) is 3.25. The molecule has 1 aliphatic rings. The van der Waals surface area contributed by atoms with E-state index in [0.717, 1.165) is 0 Å². The number of carboxylic acids is 1. The molecule has 1 aliphatic carbocycles. The number of halogens is 3. The Labute approximate surface area is 112 Å². The number of carbonyl (C=O) groups excluding carboxylic acids is 1. The van der Waals surface area contributed by atoms with Crippen LogP contribution in [-0.2, 0) is 4.79 Å². The number of aliphatic carboxylic acids is 1. The fraction of sp³-hybridized carbons (Fsp3) is 0.286. The summed E-state index contributed by atoms with van der Waals surface area (Å²) in [6, 6.07) is 1.17. The highest BCUT2D eigenvalue weighted by atomic mass is 19.2. The van der Waals surface area contributed by atoms with Gasteiger partial charge in [-0.15, -0.1) is 0 Å². The molecule has 0 bridgehead atoms. The van der Waals surface area contributed by atoms with E-state index in [1.54, 1.807) is 0 Å². The summed E-state index contributed by atoms with van der Waals surface area (Å²) >= 11 is 0. The number of Topliss-reactive ketones (excluding diaryl/α,β-unsaturated/α-hetero) is 1. The molecular weight excluding hydrogens is 273 g/mol. The zero-order chi connectivity index (χ0) is 14.9. The summed E-state index contributed by atoms with van der Waals surface area (Å²) in [5, 5.41) is 9.04. The Bertz CT molecular complexity index is 597. The van der Waals surface area contributed by atoms with Gasteiger partial charge in [0.25, 0.3) is 0 Å². The van der Waals surface area contributed by atoms with Crippen molar-refractivity contribution < 1.29 is 27.9 Å². The summed E-state index contributed by atoms with van der Waals surface area (Å²) < 4.78 is 39.1. The minimum Gasteiger partial charge on any atom is -0.478 e. The highest BCUT2D eigenvalue weighted by molar-refractivity contribution is 6.12. The van der Waals surface area contributed by atoms with E-state index in [1.807, 2.05) is 0 Å². The first kappa shape index (κ1) is 14.3. The molecule has 0 spiro atoms. The van der Waals surface area contributed by atoms with Gasteiger partial charge in [0, 0.05) is 16.7 Å². The molecule has 20 heavy (non-hydrogen) atoms. The number of carbonyl (C=O) groups is 2. The topological polar surface area (TPSA) is 54.4 Å². The van der Waals surface area contributed by atoms with Gasteiger partial charge in [-0.25, -0.2) is 18.0 Å². The normalized spacial score (nSPS) is 15.3. The van der Waals surface area contributed by atoms with Gasteiger partial charge in [-0.1, -0.05) is 0 Å². The average molecular weight is 284 g/mol. The third kappa shape index (κ3) is 2.59. The van der Waals surface area contributed by atoms with Crippen molar-refractivity contribution in [1.29, 1.82) is 0 Å².